The Kier molecular flexibility index (Phi) is 6.11. The van der Waals surface area contributed by atoms with E-state index in [1.54, 1.807) is 7.11 Å². The lowest BCUT2D eigenvalue weighted by Crippen LogP contribution is -2.19. The molecule has 2 rings (SSSR count). The van der Waals surface area contributed by atoms with E-state index in [0.29, 0.717) is 5.02 Å². The largest absolute Gasteiger partial charge is 0.495 e. The standard InChI is InChI=1S/C16H16Br2ClNO/c1-20-15(7-10-4-3-5-11(17)6-10)13-8-12(19)9-14(18)16(13)21-2/h3-6,8-9,15,20H,7H2,1-2H3. The molecule has 0 spiro atoms. The first-order valence-electron chi connectivity index (χ1n) is 6.49. The summed E-state index contributed by atoms with van der Waals surface area (Å²) in [5.41, 5.74) is 2.28. The average molecular weight is 434 g/mol. The van der Waals surface area contributed by atoms with Crippen molar-refractivity contribution in [1.29, 1.82) is 0 Å². The molecular formula is C16H16Br2ClNO. The summed E-state index contributed by atoms with van der Waals surface area (Å²) in [5, 5.41) is 4.03. The average Bonchev–Trinajstić information content (AvgIpc) is 2.44. The minimum atomic E-state index is 0.115. The van der Waals surface area contributed by atoms with Crippen molar-refractivity contribution < 1.29 is 4.74 Å². The Bertz CT molecular complexity index is 634. The summed E-state index contributed by atoms with van der Waals surface area (Å²) < 4.78 is 7.46. The van der Waals surface area contributed by atoms with Crippen LogP contribution in [0.1, 0.15) is 17.2 Å². The molecule has 21 heavy (non-hydrogen) atoms. The van der Waals surface area contributed by atoms with Crippen LogP contribution < -0.4 is 10.1 Å². The molecule has 0 fully saturated rings. The molecule has 2 aromatic rings. The van der Waals surface area contributed by atoms with Gasteiger partial charge in [-0.05, 0) is 59.2 Å². The zero-order chi connectivity index (χ0) is 15.4. The van der Waals surface area contributed by atoms with Gasteiger partial charge in [0.2, 0.25) is 0 Å². The molecule has 2 aromatic carbocycles. The predicted molar refractivity (Wildman–Crippen MR) is 95.4 cm³/mol. The van der Waals surface area contributed by atoms with Crippen molar-refractivity contribution in [2.75, 3.05) is 14.2 Å². The quantitative estimate of drug-likeness (QED) is 0.684. The van der Waals surface area contributed by atoms with E-state index in [0.717, 1.165) is 26.7 Å². The lowest BCUT2D eigenvalue weighted by atomic mass is 9.98. The van der Waals surface area contributed by atoms with Gasteiger partial charge in [0.1, 0.15) is 5.75 Å². The van der Waals surface area contributed by atoms with E-state index in [-0.39, 0.29) is 6.04 Å². The Labute approximate surface area is 147 Å². The summed E-state index contributed by atoms with van der Waals surface area (Å²) in [7, 11) is 3.61. The predicted octanol–water partition coefficient (Wildman–Crippen LogP) is 5.38. The Hall–Kier alpha value is -0.550. The number of hydrogen-bond donors (Lipinski definition) is 1. The van der Waals surface area contributed by atoms with Crippen molar-refractivity contribution in [2.24, 2.45) is 0 Å². The van der Waals surface area contributed by atoms with E-state index in [4.69, 9.17) is 16.3 Å². The van der Waals surface area contributed by atoms with Crippen LogP contribution in [0.4, 0.5) is 0 Å². The molecule has 0 amide bonds. The maximum Gasteiger partial charge on any atom is 0.137 e. The first kappa shape index (κ1) is 16.8. The Morgan fingerprint density at radius 1 is 1.24 bits per heavy atom. The van der Waals surface area contributed by atoms with Crippen LogP contribution in [0, 0.1) is 0 Å². The summed E-state index contributed by atoms with van der Waals surface area (Å²) in [5.74, 6) is 0.814. The normalized spacial score (nSPS) is 12.2. The Morgan fingerprint density at radius 3 is 2.62 bits per heavy atom. The molecule has 1 N–H and O–H groups in total. The molecule has 0 saturated heterocycles. The van der Waals surface area contributed by atoms with Gasteiger partial charge in [0, 0.05) is 21.1 Å². The summed E-state index contributed by atoms with van der Waals surface area (Å²) in [6.45, 7) is 0. The number of methoxy groups -OCH3 is 1. The van der Waals surface area contributed by atoms with Crippen molar-refractivity contribution in [1.82, 2.24) is 5.32 Å². The number of hydrogen-bond acceptors (Lipinski definition) is 2. The fourth-order valence-corrected chi connectivity index (χ4v) is 3.76. The van der Waals surface area contributed by atoms with Crippen LogP contribution >= 0.6 is 43.5 Å². The van der Waals surface area contributed by atoms with E-state index >= 15 is 0 Å². The lowest BCUT2D eigenvalue weighted by Gasteiger charge is -2.21. The number of nitrogens with one attached hydrogen (secondary N) is 1. The molecule has 112 valence electrons. The first-order valence-corrected chi connectivity index (χ1v) is 8.46. The van der Waals surface area contributed by atoms with E-state index in [2.05, 4.69) is 49.3 Å². The van der Waals surface area contributed by atoms with E-state index in [1.165, 1.54) is 5.56 Å². The maximum absolute atomic E-state index is 6.19. The fourth-order valence-electron chi connectivity index (χ4n) is 2.32. The maximum atomic E-state index is 6.19. The highest BCUT2D eigenvalue weighted by Gasteiger charge is 2.18. The number of rotatable bonds is 5. The van der Waals surface area contributed by atoms with Gasteiger partial charge in [-0.2, -0.15) is 0 Å². The van der Waals surface area contributed by atoms with Crippen molar-refractivity contribution in [2.45, 2.75) is 12.5 Å². The van der Waals surface area contributed by atoms with E-state index in [1.807, 2.05) is 31.3 Å². The minimum absolute atomic E-state index is 0.115. The van der Waals surface area contributed by atoms with Crippen molar-refractivity contribution >= 4 is 43.5 Å². The minimum Gasteiger partial charge on any atom is -0.495 e. The van der Waals surface area contributed by atoms with Crippen LogP contribution in [-0.2, 0) is 6.42 Å². The smallest absolute Gasteiger partial charge is 0.137 e. The molecule has 0 aliphatic carbocycles. The van der Waals surface area contributed by atoms with Gasteiger partial charge in [0.05, 0.1) is 11.6 Å². The highest BCUT2D eigenvalue weighted by molar-refractivity contribution is 9.10. The Balaban J connectivity index is 2.37. The zero-order valence-corrected chi connectivity index (χ0v) is 15.7. The third kappa shape index (κ3) is 4.22. The second kappa shape index (κ2) is 7.63. The van der Waals surface area contributed by atoms with Crippen LogP contribution in [0.25, 0.3) is 0 Å². The van der Waals surface area contributed by atoms with Gasteiger partial charge in [-0.15, -0.1) is 0 Å². The second-order valence-corrected chi connectivity index (χ2v) is 6.89. The highest BCUT2D eigenvalue weighted by atomic mass is 79.9. The zero-order valence-electron chi connectivity index (χ0n) is 11.8. The lowest BCUT2D eigenvalue weighted by molar-refractivity contribution is 0.398. The molecule has 0 aliphatic rings. The molecule has 2 nitrogen and oxygen atoms in total. The Morgan fingerprint density at radius 2 is 2.00 bits per heavy atom. The topological polar surface area (TPSA) is 21.3 Å². The van der Waals surface area contributed by atoms with Crippen LogP contribution in [0.3, 0.4) is 0 Å². The molecule has 0 aromatic heterocycles. The second-order valence-electron chi connectivity index (χ2n) is 4.69. The fraction of sp³-hybridized carbons (Fsp3) is 0.250. The first-order chi connectivity index (χ1) is 10.0. The monoisotopic (exact) mass is 431 g/mol. The molecule has 5 heteroatoms. The van der Waals surface area contributed by atoms with E-state index < -0.39 is 0 Å². The SMILES string of the molecule is CNC(Cc1cccc(Br)c1)c1cc(Cl)cc(Br)c1OC. The van der Waals surface area contributed by atoms with Crippen LogP contribution in [0.15, 0.2) is 45.3 Å². The van der Waals surface area contributed by atoms with Gasteiger partial charge in [0.15, 0.2) is 0 Å². The van der Waals surface area contributed by atoms with Gasteiger partial charge in [0.25, 0.3) is 0 Å². The van der Waals surface area contributed by atoms with E-state index in [9.17, 15) is 0 Å². The van der Waals surface area contributed by atoms with Gasteiger partial charge >= 0.3 is 0 Å². The van der Waals surface area contributed by atoms with Gasteiger partial charge in [-0.3, -0.25) is 0 Å². The van der Waals surface area contributed by atoms with Crippen LogP contribution in [-0.4, -0.2) is 14.2 Å². The molecule has 1 unspecified atom stereocenters. The van der Waals surface area contributed by atoms with Gasteiger partial charge < -0.3 is 10.1 Å². The number of benzene rings is 2. The molecule has 0 saturated carbocycles. The number of likely N-dealkylation sites (N-methyl/N-ethyl adjacent to an activating group) is 1. The van der Waals surface area contributed by atoms with Crippen molar-refractivity contribution in [3.63, 3.8) is 0 Å². The molecule has 0 aliphatic heterocycles. The van der Waals surface area contributed by atoms with Crippen molar-refractivity contribution in [3.8, 4) is 5.75 Å². The molecule has 0 bridgehead atoms. The highest BCUT2D eigenvalue weighted by Crippen LogP contribution is 2.37. The summed E-state index contributed by atoms with van der Waals surface area (Å²) >= 11 is 13.2. The molecular weight excluding hydrogens is 417 g/mol. The third-order valence-electron chi connectivity index (χ3n) is 3.29. The van der Waals surface area contributed by atoms with Crippen LogP contribution in [0.5, 0.6) is 5.75 Å². The summed E-state index contributed by atoms with van der Waals surface area (Å²) in [6.07, 6.45) is 0.846. The molecule has 1 atom stereocenters. The molecule has 0 heterocycles. The number of ether oxygens (including phenoxy) is 1. The van der Waals surface area contributed by atoms with Gasteiger partial charge in [-0.25, -0.2) is 0 Å². The molecule has 0 radical (unpaired) electrons. The number of halogens is 3. The van der Waals surface area contributed by atoms with Crippen LogP contribution in [0.2, 0.25) is 5.02 Å². The van der Waals surface area contributed by atoms with Crippen molar-refractivity contribution in [3.05, 3.63) is 61.5 Å². The van der Waals surface area contributed by atoms with Gasteiger partial charge in [-0.1, -0.05) is 39.7 Å². The third-order valence-corrected chi connectivity index (χ3v) is 4.59. The summed E-state index contributed by atoms with van der Waals surface area (Å²) in [4.78, 5) is 0. The summed E-state index contributed by atoms with van der Waals surface area (Å²) in [6, 6.07) is 12.2.